The first-order valence-corrected chi connectivity index (χ1v) is 6.79. The van der Waals surface area contributed by atoms with Gasteiger partial charge in [-0.3, -0.25) is 9.59 Å². The molecule has 0 aromatic heterocycles. The smallest absolute Gasteiger partial charge is 0.319 e. The van der Waals surface area contributed by atoms with E-state index in [1.807, 2.05) is 20.8 Å². The van der Waals surface area contributed by atoms with Crippen LogP contribution < -0.4 is 0 Å². The molecule has 3 nitrogen and oxygen atoms in total. The number of hydrogen-bond donors (Lipinski definition) is 0. The highest BCUT2D eigenvalue weighted by molar-refractivity contribution is 6.03. The molecule has 0 saturated carbocycles. The molecular formula is C14H26O3. The summed E-state index contributed by atoms with van der Waals surface area (Å²) in [5.74, 6) is -0.260. The van der Waals surface area contributed by atoms with Gasteiger partial charge in [0, 0.05) is 6.42 Å². The van der Waals surface area contributed by atoms with Crippen LogP contribution in [0.1, 0.15) is 66.2 Å². The Morgan fingerprint density at radius 3 is 1.82 bits per heavy atom. The Bertz CT molecular complexity index is 220. The van der Waals surface area contributed by atoms with Crippen molar-refractivity contribution in [3.05, 3.63) is 0 Å². The van der Waals surface area contributed by atoms with Crippen LogP contribution in [-0.2, 0) is 14.3 Å². The molecule has 100 valence electrons. The largest absolute Gasteiger partial charge is 0.465 e. The second-order valence-corrected chi connectivity index (χ2v) is 4.48. The third-order valence-electron chi connectivity index (χ3n) is 3.03. The Hall–Kier alpha value is -0.860. The zero-order chi connectivity index (χ0) is 13.3. The molecule has 0 rings (SSSR count). The normalized spacial score (nSPS) is 11.3. The van der Waals surface area contributed by atoms with Gasteiger partial charge in [0.2, 0.25) is 0 Å². The Balaban J connectivity index is 5.09. The van der Waals surface area contributed by atoms with Gasteiger partial charge in [-0.05, 0) is 26.2 Å². The first-order valence-electron chi connectivity index (χ1n) is 6.79. The lowest BCUT2D eigenvalue weighted by molar-refractivity contribution is -0.161. The number of ketones is 1. The molecule has 0 saturated heterocycles. The summed E-state index contributed by atoms with van der Waals surface area (Å²) in [4.78, 5) is 24.4. The zero-order valence-electron chi connectivity index (χ0n) is 11.7. The standard InChI is InChI=1S/C14H26O3/c1-5-9-12(15)14(10-6-2,11-7-3)13(16)17-8-4/h5-11H2,1-4H3. The van der Waals surface area contributed by atoms with Crippen LogP contribution in [0.3, 0.4) is 0 Å². The number of rotatable bonds is 9. The van der Waals surface area contributed by atoms with E-state index >= 15 is 0 Å². The maximum Gasteiger partial charge on any atom is 0.319 e. The second-order valence-electron chi connectivity index (χ2n) is 4.48. The molecule has 3 heteroatoms. The van der Waals surface area contributed by atoms with E-state index < -0.39 is 5.41 Å². The molecule has 0 aromatic rings. The van der Waals surface area contributed by atoms with Crippen molar-refractivity contribution in [3.8, 4) is 0 Å². The van der Waals surface area contributed by atoms with Gasteiger partial charge in [-0.1, -0.05) is 33.6 Å². The summed E-state index contributed by atoms with van der Waals surface area (Å²) in [6.07, 6.45) is 4.13. The van der Waals surface area contributed by atoms with Crippen LogP contribution in [-0.4, -0.2) is 18.4 Å². The first-order chi connectivity index (χ1) is 8.08. The maximum absolute atomic E-state index is 12.3. The lowest BCUT2D eigenvalue weighted by Gasteiger charge is -2.29. The summed E-state index contributed by atoms with van der Waals surface area (Å²) in [5.41, 5.74) is -0.879. The molecule has 0 aliphatic heterocycles. The molecule has 0 bridgehead atoms. The third-order valence-corrected chi connectivity index (χ3v) is 3.03. The number of Topliss-reactive ketones (excluding diaryl/α,β-unsaturated/α-hetero) is 1. The molecule has 0 N–H and O–H groups in total. The van der Waals surface area contributed by atoms with Crippen LogP contribution in [0.25, 0.3) is 0 Å². The van der Waals surface area contributed by atoms with Crippen LogP contribution in [0.2, 0.25) is 0 Å². The highest BCUT2D eigenvalue weighted by atomic mass is 16.5. The average molecular weight is 242 g/mol. The quantitative estimate of drug-likeness (QED) is 0.459. The number of carbonyl (C=O) groups is 2. The topological polar surface area (TPSA) is 43.4 Å². The van der Waals surface area contributed by atoms with Gasteiger partial charge in [-0.15, -0.1) is 0 Å². The minimum Gasteiger partial charge on any atom is -0.465 e. The van der Waals surface area contributed by atoms with Crippen molar-refractivity contribution in [1.82, 2.24) is 0 Å². The summed E-state index contributed by atoms with van der Waals surface area (Å²) in [6, 6.07) is 0. The van der Waals surface area contributed by atoms with Gasteiger partial charge in [0.15, 0.2) is 0 Å². The van der Waals surface area contributed by atoms with E-state index in [9.17, 15) is 9.59 Å². The molecule has 0 amide bonds. The van der Waals surface area contributed by atoms with Crippen molar-refractivity contribution in [2.45, 2.75) is 66.2 Å². The van der Waals surface area contributed by atoms with E-state index in [1.165, 1.54) is 0 Å². The van der Waals surface area contributed by atoms with Gasteiger partial charge in [0.05, 0.1) is 6.61 Å². The van der Waals surface area contributed by atoms with Crippen LogP contribution in [0.4, 0.5) is 0 Å². The summed E-state index contributed by atoms with van der Waals surface area (Å²) in [6.45, 7) is 8.09. The van der Waals surface area contributed by atoms with Gasteiger partial charge in [-0.25, -0.2) is 0 Å². The van der Waals surface area contributed by atoms with Gasteiger partial charge >= 0.3 is 5.97 Å². The maximum atomic E-state index is 12.3. The molecule has 0 fully saturated rings. The molecule has 0 aliphatic rings. The fourth-order valence-electron chi connectivity index (χ4n) is 2.31. The zero-order valence-corrected chi connectivity index (χ0v) is 11.7. The molecule has 0 aromatic carbocycles. The fraction of sp³-hybridized carbons (Fsp3) is 0.857. The minimum atomic E-state index is -0.879. The molecule has 0 spiro atoms. The van der Waals surface area contributed by atoms with E-state index in [4.69, 9.17) is 4.74 Å². The number of hydrogen-bond acceptors (Lipinski definition) is 3. The Morgan fingerprint density at radius 2 is 1.47 bits per heavy atom. The Labute approximate surface area is 105 Å². The van der Waals surface area contributed by atoms with Crippen molar-refractivity contribution >= 4 is 11.8 Å². The fourth-order valence-corrected chi connectivity index (χ4v) is 2.31. The van der Waals surface area contributed by atoms with Crippen molar-refractivity contribution in [1.29, 1.82) is 0 Å². The minimum absolute atomic E-state index is 0.0575. The SMILES string of the molecule is CCCC(=O)C(CCC)(CCC)C(=O)OCC. The number of carbonyl (C=O) groups excluding carboxylic acids is 2. The molecule has 0 unspecified atom stereocenters. The van der Waals surface area contributed by atoms with E-state index in [1.54, 1.807) is 6.92 Å². The van der Waals surface area contributed by atoms with Crippen LogP contribution in [0, 0.1) is 5.41 Å². The second kappa shape index (κ2) is 8.26. The predicted molar refractivity (Wildman–Crippen MR) is 68.8 cm³/mol. The molecule has 0 aliphatic carbocycles. The van der Waals surface area contributed by atoms with Gasteiger partial charge < -0.3 is 4.74 Å². The first kappa shape index (κ1) is 16.1. The summed E-state index contributed by atoms with van der Waals surface area (Å²) < 4.78 is 5.12. The monoisotopic (exact) mass is 242 g/mol. The summed E-state index contributed by atoms with van der Waals surface area (Å²) in [5, 5.41) is 0. The van der Waals surface area contributed by atoms with Crippen molar-refractivity contribution in [2.75, 3.05) is 6.61 Å². The molecule has 0 radical (unpaired) electrons. The van der Waals surface area contributed by atoms with Gasteiger partial charge in [0.1, 0.15) is 11.2 Å². The van der Waals surface area contributed by atoms with Crippen LogP contribution >= 0.6 is 0 Å². The number of esters is 1. The highest BCUT2D eigenvalue weighted by Crippen LogP contribution is 2.34. The van der Waals surface area contributed by atoms with Gasteiger partial charge in [-0.2, -0.15) is 0 Å². The molecule has 0 heterocycles. The average Bonchev–Trinajstić information content (AvgIpc) is 2.29. The molecule has 17 heavy (non-hydrogen) atoms. The van der Waals surface area contributed by atoms with Crippen LogP contribution in [0.15, 0.2) is 0 Å². The highest BCUT2D eigenvalue weighted by Gasteiger charge is 2.44. The van der Waals surface area contributed by atoms with Crippen molar-refractivity contribution < 1.29 is 14.3 Å². The lowest BCUT2D eigenvalue weighted by atomic mass is 9.74. The lowest BCUT2D eigenvalue weighted by Crippen LogP contribution is -2.40. The Morgan fingerprint density at radius 1 is 0.941 bits per heavy atom. The Kier molecular flexibility index (Phi) is 7.85. The third kappa shape index (κ3) is 4.14. The van der Waals surface area contributed by atoms with Crippen molar-refractivity contribution in [3.63, 3.8) is 0 Å². The van der Waals surface area contributed by atoms with E-state index in [2.05, 4.69) is 0 Å². The van der Waals surface area contributed by atoms with Crippen molar-refractivity contribution in [2.24, 2.45) is 5.41 Å². The predicted octanol–water partition coefficient (Wildman–Crippen LogP) is 3.51. The van der Waals surface area contributed by atoms with E-state index in [0.717, 1.165) is 19.3 Å². The molecular weight excluding hydrogens is 216 g/mol. The summed E-state index contributed by atoms with van der Waals surface area (Å²) >= 11 is 0. The van der Waals surface area contributed by atoms with E-state index in [0.29, 0.717) is 25.9 Å². The van der Waals surface area contributed by atoms with E-state index in [-0.39, 0.29) is 11.8 Å². The number of ether oxygens (including phenoxy) is 1. The summed E-state index contributed by atoms with van der Waals surface area (Å²) in [7, 11) is 0. The van der Waals surface area contributed by atoms with Gasteiger partial charge in [0.25, 0.3) is 0 Å². The molecule has 0 atom stereocenters. The van der Waals surface area contributed by atoms with Crippen LogP contribution in [0.5, 0.6) is 0 Å².